The number of benzene rings is 2. The van der Waals surface area contributed by atoms with Crippen molar-refractivity contribution in [3.05, 3.63) is 52.0 Å². The van der Waals surface area contributed by atoms with E-state index >= 15 is 0 Å². The molecule has 0 spiro atoms. The summed E-state index contributed by atoms with van der Waals surface area (Å²) in [6.45, 7) is 1.89. The maximum atomic E-state index is 13.1. The molecule has 128 valence electrons. The van der Waals surface area contributed by atoms with Crippen LogP contribution < -0.4 is 4.74 Å². The predicted octanol–water partition coefficient (Wildman–Crippen LogP) is 3.32. The van der Waals surface area contributed by atoms with Crippen LogP contribution in [0, 0.1) is 0 Å². The molecule has 4 nitrogen and oxygen atoms in total. The third kappa shape index (κ3) is 3.36. The molecular formula is C18H20BrNO3S. The Bertz CT molecular complexity index is 847. The number of methoxy groups -OCH3 is 1. The quantitative estimate of drug-likeness (QED) is 0.779. The molecule has 6 heteroatoms. The first-order chi connectivity index (χ1) is 11.4. The summed E-state index contributed by atoms with van der Waals surface area (Å²) >= 11 is 3.34. The van der Waals surface area contributed by atoms with Gasteiger partial charge in [-0.3, -0.25) is 0 Å². The Labute approximate surface area is 151 Å². The molecule has 0 atom stereocenters. The molecule has 0 saturated carbocycles. The number of likely N-dealkylation sites (N-methyl/N-ethyl adjacent to an activating group) is 1. The van der Waals surface area contributed by atoms with Crippen LogP contribution in [0.3, 0.4) is 0 Å². The number of halogens is 1. The number of hydrogen-bond donors (Lipinski definition) is 0. The zero-order valence-corrected chi connectivity index (χ0v) is 16.2. The molecular weight excluding hydrogens is 390 g/mol. The van der Waals surface area contributed by atoms with Crippen molar-refractivity contribution in [2.75, 3.05) is 27.2 Å². The first-order valence-electron chi connectivity index (χ1n) is 7.81. The lowest BCUT2D eigenvalue weighted by Crippen LogP contribution is -2.20. The minimum absolute atomic E-state index is 0.246. The molecule has 2 aromatic carbocycles. The average molecular weight is 410 g/mol. The Balaban J connectivity index is 2.11. The van der Waals surface area contributed by atoms with Crippen LogP contribution in [-0.4, -0.2) is 40.6 Å². The first kappa shape index (κ1) is 17.5. The van der Waals surface area contributed by atoms with Crippen LogP contribution in [0.4, 0.5) is 0 Å². The van der Waals surface area contributed by atoms with Gasteiger partial charge >= 0.3 is 0 Å². The molecule has 24 heavy (non-hydrogen) atoms. The van der Waals surface area contributed by atoms with Gasteiger partial charge in [-0.25, -0.2) is 8.42 Å². The van der Waals surface area contributed by atoms with Crippen LogP contribution in [0.1, 0.15) is 11.1 Å². The van der Waals surface area contributed by atoms with Crippen LogP contribution in [-0.2, 0) is 22.7 Å². The van der Waals surface area contributed by atoms with Crippen molar-refractivity contribution in [1.29, 1.82) is 0 Å². The second kappa shape index (κ2) is 6.86. The topological polar surface area (TPSA) is 46.6 Å². The Hall–Kier alpha value is -1.37. The number of sulfone groups is 1. The van der Waals surface area contributed by atoms with E-state index in [0.29, 0.717) is 5.75 Å². The molecule has 1 heterocycles. The fourth-order valence-electron chi connectivity index (χ4n) is 2.95. The van der Waals surface area contributed by atoms with Crippen LogP contribution in [0.15, 0.2) is 50.7 Å². The highest BCUT2D eigenvalue weighted by atomic mass is 79.9. The van der Waals surface area contributed by atoms with Gasteiger partial charge in [0.15, 0.2) is 0 Å². The highest BCUT2D eigenvalue weighted by molar-refractivity contribution is 9.10. The lowest BCUT2D eigenvalue weighted by molar-refractivity contribution is 0.352. The van der Waals surface area contributed by atoms with E-state index in [1.807, 2.05) is 6.07 Å². The smallest absolute Gasteiger partial charge is 0.210 e. The minimum atomic E-state index is -3.62. The van der Waals surface area contributed by atoms with Gasteiger partial charge in [0.2, 0.25) is 9.84 Å². The summed E-state index contributed by atoms with van der Waals surface area (Å²) in [4.78, 5) is 2.78. The standard InChI is InChI=1S/C18H20BrNO3S/c1-20-9-7-13-11-17(23-2)18(12-14(13)8-10-20)24(21,22)16-5-3-15(19)4-6-16/h3-6,11-12H,7-10H2,1-2H3. The Morgan fingerprint density at radius 1 is 1.04 bits per heavy atom. The van der Waals surface area contributed by atoms with Gasteiger partial charge in [0.1, 0.15) is 10.6 Å². The van der Waals surface area contributed by atoms with Crippen molar-refractivity contribution < 1.29 is 13.2 Å². The highest BCUT2D eigenvalue weighted by Crippen LogP contribution is 2.33. The van der Waals surface area contributed by atoms with Gasteiger partial charge in [-0.15, -0.1) is 0 Å². The molecule has 0 amide bonds. The van der Waals surface area contributed by atoms with Crippen LogP contribution in [0.5, 0.6) is 5.75 Å². The van der Waals surface area contributed by atoms with Gasteiger partial charge < -0.3 is 9.64 Å². The van der Waals surface area contributed by atoms with Crippen molar-refractivity contribution in [3.63, 3.8) is 0 Å². The minimum Gasteiger partial charge on any atom is -0.495 e. The molecule has 1 aliphatic heterocycles. The molecule has 0 N–H and O–H groups in total. The van der Waals surface area contributed by atoms with E-state index in [9.17, 15) is 8.42 Å². The fourth-order valence-corrected chi connectivity index (χ4v) is 4.67. The fraction of sp³-hybridized carbons (Fsp3) is 0.333. The normalized spacial score (nSPS) is 15.6. The first-order valence-corrected chi connectivity index (χ1v) is 10.1. The second-order valence-corrected chi connectivity index (χ2v) is 8.87. The Kier molecular flexibility index (Phi) is 4.99. The molecule has 0 radical (unpaired) electrons. The van der Waals surface area contributed by atoms with E-state index in [0.717, 1.165) is 36.0 Å². The van der Waals surface area contributed by atoms with E-state index in [-0.39, 0.29) is 9.79 Å². The summed E-state index contributed by atoms with van der Waals surface area (Å²) in [6.07, 6.45) is 1.75. The SMILES string of the molecule is COc1cc2c(cc1S(=O)(=O)c1ccc(Br)cc1)CCN(C)CC2. The number of hydrogen-bond acceptors (Lipinski definition) is 4. The summed E-state index contributed by atoms with van der Waals surface area (Å²) < 4.78 is 32.4. The van der Waals surface area contributed by atoms with Crippen molar-refractivity contribution in [2.24, 2.45) is 0 Å². The summed E-state index contributed by atoms with van der Waals surface area (Å²) in [5.74, 6) is 0.418. The Morgan fingerprint density at radius 3 is 2.21 bits per heavy atom. The number of nitrogens with zero attached hydrogens (tertiary/aromatic N) is 1. The molecule has 1 aliphatic rings. The number of fused-ring (bicyclic) bond motifs is 1. The second-order valence-electron chi connectivity index (χ2n) is 6.03. The van der Waals surface area contributed by atoms with Crippen molar-refractivity contribution in [2.45, 2.75) is 22.6 Å². The third-order valence-electron chi connectivity index (χ3n) is 4.43. The maximum absolute atomic E-state index is 13.1. The molecule has 0 saturated heterocycles. The van der Waals surface area contributed by atoms with Gasteiger partial charge in [0.25, 0.3) is 0 Å². The predicted molar refractivity (Wildman–Crippen MR) is 97.5 cm³/mol. The van der Waals surface area contributed by atoms with Gasteiger partial charge in [-0.05, 0) is 67.4 Å². The Morgan fingerprint density at radius 2 is 1.62 bits per heavy atom. The van der Waals surface area contributed by atoms with Gasteiger partial charge in [-0.1, -0.05) is 15.9 Å². The zero-order chi connectivity index (χ0) is 17.3. The van der Waals surface area contributed by atoms with Gasteiger partial charge in [0, 0.05) is 17.6 Å². The molecule has 0 unspecified atom stereocenters. The molecule has 0 bridgehead atoms. The monoisotopic (exact) mass is 409 g/mol. The molecule has 0 aromatic heterocycles. The van der Waals surface area contributed by atoms with Crippen LogP contribution in [0.25, 0.3) is 0 Å². The highest BCUT2D eigenvalue weighted by Gasteiger charge is 2.25. The van der Waals surface area contributed by atoms with Crippen LogP contribution >= 0.6 is 15.9 Å². The summed E-state index contributed by atoms with van der Waals surface area (Å²) in [7, 11) is -0.0119. The maximum Gasteiger partial charge on any atom is 0.210 e. The lowest BCUT2D eigenvalue weighted by Gasteiger charge is -2.14. The summed E-state index contributed by atoms with van der Waals surface area (Å²) in [5.41, 5.74) is 2.27. The van der Waals surface area contributed by atoms with E-state index in [1.165, 1.54) is 12.7 Å². The summed E-state index contributed by atoms with van der Waals surface area (Å²) in [6, 6.07) is 10.4. The number of ether oxygens (including phenoxy) is 1. The van der Waals surface area contributed by atoms with E-state index in [1.54, 1.807) is 30.3 Å². The van der Waals surface area contributed by atoms with Gasteiger partial charge in [-0.2, -0.15) is 0 Å². The van der Waals surface area contributed by atoms with Crippen LogP contribution in [0.2, 0.25) is 0 Å². The van der Waals surface area contributed by atoms with E-state index in [4.69, 9.17) is 4.74 Å². The van der Waals surface area contributed by atoms with Crippen molar-refractivity contribution in [3.8, 4) is 5.75 Å². The molecule has 0 fully saturated rings. The van der Waals surface area contributed by atoms with Crippen molar-refractivity contribution in [1.82, 2.24) is 4.90 Å². The lowest BCUT2D eigenvalue weighted by atomic mass is 10.0. The zero-order valence-electron chi connectivity index (χ0n) is 13.8. The largest absolute Gasteiger partial charge is 0.495 e. The van der Waals surface area contributed by atoms with Gasteiger partial charge in [0.05, 0.1) is 12.0 Å². The molecule has 3 rings (SSSR count). The number of rotatable bonds is 3. The van der Waals surface area contributed by atoms with E-state index in [2.05, 4.69) is 27.9 Å². The average Bonchev–Trinajstić information content (AvgIpc) is 2.75. The third-order valence-corrected chi connectivity index (χ3v) is 6.74. The molecule has 2 aromatic rings. The van der Waals surface area contributed by atoms with E-state index < -0.39 is 9.84 Å². The summed E-state index contributed by atoms with van der Waals surface area (Å²) in [5, 5.41) is 0. The van der Waals surface area contributed by atoms with Crippen molar-refractivity contribution >= 4 is 25.8 Å². The molecule has 0 aliphatic carbocycles.